The van der Waals surface area contributed by atoms with Crippen LogP contribution in [0.1, 0.15) is 56.8 Å². The van der Waals surface area contributed by atoms with Crippen LogP contribution in [0.5, 0.6) is 0 Å². The van der Waals surface area contributed by atoms with Gasteiger partial charge in [-0.15, -0.1) is 0 Å². The monoisotopic (exact) mass is 822 g/mol. The normalized spacial score (nSPS) is 25.3. The minimum atomic E-state index is -2.65. The fourth-order valence-corrected chi connectivity index (χ4v) is 10.8. The number of rotatable bonds is 8. The van der Waals surface area contributed by atoms with Crippen molar-refractivity contribution in [3.05, 3.63) is 64.2 Å². The first kappa shape index (κ1) is 38.8. The van der Waals surface area contributed by atoms with Crippen molar-refractivity contribution in [1.82, 2.24) is 39.4 Å². The Morgan fingerprint density at radius 3 is 2.53 bits per heavy atom. The number of amides is 3. The van der Waals surface area contributed by atoms with Gasteiger partial charge in [-0.05, 0) is 68.9 Å². The van der Waals surface area contributed by atoms with Crippen LogP contribution < -0.4 is 20.8 Å². The zero-order valence-corrected chi connectivity index (χ0v) is 34.6. The summed E-state index contributed by atoms with van der Waals surface area (Å²) < 4.78 is 32.3. The first-order valence-corrected chi connectivity index (χ1v) is 21.3. The van der Waals surface area contributed by atoms with Crippen LogP contribution in [0, 0.1) is 17.3 Å². The predicted molar refractivity (Wildman–Crippen MR) is 224 cm³/mol. The van der Waals surface area contributed by atoms with Crippen LogP contribution in [0.2, 0.25) is 0 Å². The van der Waals surface area contributed by atoms with Crippen LogP contribution in [-0.2, 0) is 34.3 Å². The summed E-state index contributed by atoms with van der Waals surface area (Å²) in [5, 5.41) is 10.9. The molecule has 4 atom stereocenters. The molecule has 3 saturated heterocycles. The summed E-state index contributed by atoms with van der Waals surface area (Å²) in [6, 6.07) is 12.8. The summed E-state index contributed by atoms with van der Waals surface area (Å²) in [7, 11) is 3.57. The van der Waals surface area contributed by atoms with E-state index in [0.717, 1.165) is 103 Å². The molecule has 2 aliphatic carbocycles. The van der Waals surface area contributed by atoms with Crippen molar-refractivity contribution >= 4 is 51.0 Å². The van der Waals surface area contributed by atoms with Gasteiger partial charge in [-0.25, -0.2) is 13.6 Å². The molecular formula is C44H52F2N10O4. The van der Waals surface area contributed by atoms with Gasteiger partial charge in [0.05, 0.1) is 28.5 Å². The van der Waals surface area contributed by atoms with Gasteiger partial charge in [0.1, 0.15) is 11.7 Å². The Balaban J connectivity index is 0.732. The molecule has 3 aliphatic heterocycles. The van der Waals surface area contributed by atoms with Gasteiger partial charge in [0.2, 0.25) is 17.7 Å². The highest BCUT2D eigenvalue weighted by Crippen LogP contribution is 2.70. The predicted octanol–water partition coefficient (Wildman–Crippen LogP) is 4.44. The molecule has 3 amide bonds. The molecule has 1 saturated carbocycles. The van der Waals surface area contributed by atoms with E-state index in [1.54, 1.807) is 28.0 Å². The Morgan fingerprint density at radius 2 is 1.78 bits per heavy atom. The Bertz CT molecular complexity index is 2610. The molecule has 4 fully saturated rings. The van der Waals surface area contributed by atoms with Crippen LogP contribution in [-0.4, -0.2) is 117 Å². The number of H-pyrrole nitrogens is 2. The van der Waals surface area contributed by atoms with E-state index in [1.165, 1.54) is 0 Å². The highest BCUT2D eigenvalue weighted by atomic mass is 19.3. The maximum Gasteiger partial charge on any atom is 0.329 e. The second-order valence-electron chi connectivity index (χ2n) is 18.1. The molecule has 0 radical (unpaired) electrons. The van der Waals surface area contributed by atoms with Crippen LogP contribution in [0.25, 0.3) is 33.3 Å². The third kappa shape index (κ3) is 6.11. The molecule has 6 heterocycles. The maximum absolute atomic E-state index is 14.6. The molecule has 5 aromatic rings. The number of carbonyl (C=O) groups is 3. The Labute approximate surface area is 345 Å². The quantitative estimate of drug-likeness (QED) is 0.195. The number of alkyl halides is 2. The van der Waals surface area contributed by atoms with Crippen LogP contribution >= 0.6 is 0 Å². The Hall–Kier alpha value is -5.35. The molecular weight excluding hydrogens is 771 g/mol. The van der Waals surface area contributed by atoms with Gasteiger partial charge in [-0.2, -0.15) is 5.10 Å². The smallest absolute Gasteiger partial charge is 0.329 e. The number of benzene rings is 2. The van der Waals surface area contributed by atoms with E-state index in [4.69, 9.17) is 0 Å². The molecule has 5 aliphatic rings. The third-order valence-corrected chi connectivity index (χ3v) is 14.8. The van der Waals surface area contributed by atoms with Gasteiger partial charge in [-0.3, -0.25) is 38.8 Å². The molecule has 316 valence electrons. The standard InChI is InChI=1S/C44H52F2N10O4/c1-25(41(59)51(3)28-9-8-27-20-31(47-30(27)21-28)38-29-22-36-43(2,44(36,45)46)23-32(29)49-50-38)54-18-16-53(17-19-54)24-26-12-14-55(15-13-26)33-6-5-7-34-39(33)52(4)42(60)56(34)35-10-11-37(57)48-40(35)58/h5-9,20-21,25-26,35-36,47H,10-19,22-24H2,1-4H3,(H,49,50)(H,48,57,58)/t25-,35?,36-,43+/m0/s1. The summed E-state index contributed by atoms with van der Waals surface area (Å²) in [6.45, 7) is 9.78. The molecule has 0 bridgehead atoms. The number of imide groups is 1. The lowest BCUT2D eigenvalue weighted by molar-refractivity contribution is -0.135. The number of likely N-dealkylation sites (N-methyl/N-ethyl adjacent to an activating group) is 1. The number of fused-ring (bicyclic) bond motifs is 4. The largest absolute Gasteiger partial charge is 0.370 e. The van der Waals surface area contributed by atoms with Gasteiger partial charge in [0.15, 0.2) is 0 Å². The number of piperazine rings is 1. The van der Waals surface area contributed by atoms with Gasteiger partial charge >= 0.3 is 5.69 Å². The summed E-state index contributed by atoms with van der Waals surface area (Å²) in [5.74, 6) is -3.47. The maximum atomic E-state index is 14.6. The van der Waals surface area contributed by atoms with E-state index in [1.807, 2.05) is 50.4 Å². The lowest BCUT2D eigenvalue weighted by atomic mass is 9.87. The second-order valence-corrected chi connectivity index (χ2v) is 18.1. The van der Waals surface area contributed by atoms with Gasteiger partial charge < -0.3 is 19.7 Å². The van der Waals surface area contributed by atoms with Crippen LogP contribution in [0.4, 0.5) is 20.2 Å². The minimum absolute atomic E-state index is 0.0247. The first-order valence-electron chi connectivity index (χ1n) is 21.3. The zero-order chi connectivity index (χ0) is 41.8. The van der Waals surface area contributed by atoms with E-state index in [9.17, 15) is 28.0 Å². The number of aromatic nitrogens is 5. The third-order valence-electron chi connectivity index (χ3n) is 14.8. The number of halogens is 2. The number of para-hydroxylation sites is 1. The number of carbonyl (C=O) groups excluding carboxylic acids is 3. The number of nitrogens with one attached hydrogen (secondary N) is 3. The molecule has 60 heavy (non-hydrogen) atoms. The van der Waals surface area contributed by atoms with Crippen LogP contribution in [0.15, 0.2) is 47.3 Å². The SMILES string of the molecule is C[C@@H](C(=O)N(C)c1ccc2cc(-c3n[nH]c4c3C[C@@H]3C(F)(F)[C@]3(C)C4)[nH]c2c1)N1CCN(CC2CCN(c3cccc4c3n(C)c(=O)n4C3CCC(=O)NC3=O)CC2)CC1. The fraction of sp³-hybridized carbons (Fsp3) is 0.523. The molecule has 16 heteroatoms. The number of hydrogen-bond donors (Lipinski definition) is 3. The Kier molecular flexibility index (Phi) is 9.13. The van der Waals surface area contributed by atoms with E-state index < -0.39 is 29.2 Å². The summed E-state index contributed by atoms with van der Waals surface area (Å²) in [5.41, 5.74) is 6.03. The number of piperidine rings is 2. The van der Waals surface area contributed by atoms with E-state index in [0.29, 0.717) is 36.4 Å². The molecule has 3 N–H and O–H groups in total. The van der Waals surface area contributed by atoms with Crippen LogP contribution in [0.3, 0.4) is 0 Å². The number of hydrogen-bond acceptors (Lipinski definition) is 8. The average Bonchev–Trinajstić information content (AvgIpc) is 3.73. The number of anilines is 2. The summed E-state index contributed by atoms with van der Waals surface area (Å²) >= 11 is 0. The first-order chi connectivity index (χ1) is 28.7. The zero-order valence-electron chi connectivity index (χ0n) is 34.6. The summed E-state index contributed by atoms with van der Waals surface area (Å²) in [6.07, 6.45) is 3.17. The molecule has 10 rings (SSSR count). The van der Waals surface area contributed by atoms with E-state index in [2.05, 4.69) is 41.3 Å². The topological polar surface area (TPSA) is 148 Å². The average molecular weight is 823 g/mol. The van der Waals surface area contributed by atoms with Crippen molar-refractivity contribution in [2.45, 2.75) is 70.4 Å². The van der Waals surface area contributed by atoms with Crippen molar-refractivity contribution in [2.24, 2.45) is 24.3 Å². The number of imidazole rings is 1. The second kappa shape index (κ2) is 14.1. The Morgan fingerprint density at radius 1 is 1.02 bits per heavy atom. The molecule has 2 aromatic carbocycles. The van der Waals surface area contributed by atoms with Crippen molar-refractivity contribution in [3.8, 4) is 11.4 Å². The van der Waals surface area contributed by atoms with Gasteiger partial charge in [0, 0.05) is 112 Å². The lowest BCUT2D eigenvalue weighted by Gasteiger charge is -2.41. The highest BCUT2D eigenvalue weighted by molar-refractivity contribution is 6.01. The number of aromatic amines is 2. The minimum Gasteiger partial charge on any atom is -0.370 e. The fourth-order valence-electron chi connectivity index (χ4n) is 10.8. The van der Waals surface area contributed by atoms with Crippen molar-refractivity contribution < 1.29 is 23.2 Å². The van der Waals surface area contributed by atoms with E-state index in [-0.39, 0.29) is 30.0 Å². The van der Waals surface area contributed by atoms with Crippen molar-refractivity contribution in [1.29, 1.82) is 0 Å². The molecule has 1 unspecified atom stereocenters. The van der Waals surface area contributed by atoms with E-state index >= 15 is 0 Å². The van der Waals surface area contributed by atoms with Gasteiger partial charge in [-0.1, -0.05) is 19.1 Å². The van der Waals surface area contributed by atoms with Crippen molar-refractivity contribution in [2.75, 3.05) is 62.7 Å². The highest BCUT2D eigenvalue weighted by Gasteiger charge is 2.78. The van der Waals surface area contributed by atoms with Crippen molar-refractivity contribution in [3.63, 3.8) is 0 Å². The molecule has 3 aromatic heterocycles. The lowest BCUT2D eigenvalue weighted by Crippen LogP contribution is -2.55. The summed E-state index contributed by atoms with van der Waals surface area (Å²) in [4.78, 5) is 64.1. The number of nitrogens with zero attached hydrogens (tertiary/aromatic N) is 7. The number of aryl methyl sites for hydroxylation is 1. The molecule has 0 spiro atoms. The van der Waals surface area contributed by atoms with Gasteiger partial charge in [0.25, 0.3) is 5.92 Å². The molecule has 14 nitrogen and oxygen atoms in total.